The molecule has 3 heterocycles. The van der Waals surface area contributed by atoms with Gasteiger partial charge < -0.3 is 30.9 Å². The van der Waals surface area contributed by atoms with Crippen molar-refractivity contribution in [1.29, 1.82) is 0 Å². The minimum atomic E-state index is -5.08. The van der Waals surface area contributed by atoms with Gasteiger partial charge in [-0.3, -0.25) is 0 Å². The van der Waals surface area contributed by atoms with Crippen LogP contribution in [0.1, 0.15) is 19.3 Å². The number of benzene rings is 1. The van der Waals surface area contributed by atoms with Crippen LogP contribution >= 0.6 is 0 Å². The summed E-state index contributed by atoms with van der Waals surface area (Å²) in [4.78, 5) is 28.9. The van der Waals surface area contributed by atoms with E-state index >= 15 is 0 Å². The van der Waals surface area contributed by atoms with Crippen molar-refractivity contribution in [3.63, 3.8) is 0 Å². The van der Waals surface area contributed by atoms with Crippen molar-refractivity contribution in [3.05, 3.63) is 30.2 Å². The van der Waals surface area contributed by atoms with Gasteiger partial charge in [-0.05, 0) is 37.9 Å². The molecular formula is C22H26F7N5O5. The largest absolute Gasteiger partial charge is 0.490 e. The number of aliphatic carboxylic acids is 2. The molecule has 17 heteroatoms. The maximum Gasteiger partial charge on any atom is 0.490 e. The van der Waals surface area contributed by atoms with Gasteiger partial charge in [-0.25, -0.2) is 23.9 Å². The fourth-order valence-corrected chi connectivity index (χ4v) is 3.72. The summed E-state index contributed by atoms with van der Waals surface area (Å²) in [6, 6.07) is 5.17. The van der Waals surface area contributed by atoms with Crippen LogP contribution in [0.4, 0.5) is 36.7 Å². The van der Waals surface area contributed by atoms with Crippen LogP contribution in [0.5, 0.6) is 0 Å². The van der Waals surface area contributed by atoms with Gasteiger partial charge in [0.15, 0.2) is 0 Å². The summed E-state index contributed by atoms with van der Waals surface area (Å²) in [5.41, 5.74) is 0.642. The van der Waals surface area contributed by atoms with E-state index in [1.807, 2.05) is 0 Å². The number of aromatic nitrogens is 2. The number of aliphatic hydroxyl groups is 1. The third-order valence-electron chi connectivity index (χ3n) is 5.69. The molecule has 0 radical (unpaired) electrons. The van der Waals surface area contributed by atoms with Crippen molar-refractivity contribution in [2.45, 2.75) is 49.8 Å². The molecule has 1 aromatic heterocycles. The topological polar surface area (TPSA) is 148 Å². The van der Waals surface area contributed by atoms with E-state index < -0.39 is 24.3 Å². The molecule has 0 bridgehead atoms. The normalized spacial score (nSPS) is 20.4. The second-order valence-corrected chi connectivity index (χ2v) is 8.57. The van der Waals surface area contributed by atoms with Crippen molar-refractivity contribution < 1.29 is 55.6 Å². The zero-order valence-corrected chi connectivity index (χ0v) is 20.1. The Labute approximate surface area is 216 Å². The van der Waals surface area contributed by atoms with Crippen LogP contribution in [-0.2, 0) is 9.59 Å². The molecule has 0 saturated carbocycles. The first-order valence-electron chi connectivity index (χ1n) is 11.5. The average Bonchev–Trinajstić information content (AvgIpc) is 2.85. The number of rotatable bonds is 3. The molecule has 2 atom stereocenters. The summed E-state index contributed by atoms with van der Waals surface area (Å²) in [5, 5.41) is 32.0. The molecule has 1 aromatic carbocycles. The molecule has 0 unspecified atom stereocenters. The molecule has 2 aromatic rings. The lowest BCUT2D eigenvalue weighted by Crippen LogP contribution is -2.55. The van der Waals surface area contributed by atoms with Crippen LogP contribution in [0.15, 0.2) is 24.4 Å². The number of β-amino-alcohol motifs (C(OH)–C–C–N with tert-alkyl or cyclic N) is 1. The Morgan fingerprint density at radius 3 is 2.08 bits per heavy atom. The fourth-order valence-electron chi connectivity index (χ4n) is 3.72. The Morgan fingerprint density at radius 2 is 1.56 bits per heavy atom. The van der Waals surface area contributed by atoms with E-state index in [9.17, 15) is 35.8 Å². The van der Waals surface area contributed by atoms with Crippen molar-refractivity contribution in [2.75, 3.05) is 31.1 Å². The van der Waals surface area contributed by atoms with Crippen LogP contribution in [0.25, 0.3) is 10.9 Å². The molecule has 0 amide bonds. The summed E-state index contributed by atoms with van der Waals surface area (Å²) < 4.78 is 76.9. The molecule has 39 heavy (non-hydrogen) atoms. The highest BCUT2D eigenvalue weighted by Gasteiger charge is 2.39. The SMILES string of the molecule is O=C(O)C(F)(F)F.O=C(O)C(F)(F)F.O[C@@H]1CNCC[C@H]1NC1CCN(c2ncc3ccc(F)cc3n2)CC1. The number of hydrogen-bond acceptors (Lipinski definition) is 8. The van der Waals surface area contributed by atoms with Crippen molar-refractivity contribution in [2.24, 2.45) is 0 Å². The van der Waals surface area contributed by atoms with Gasteiger partial charge in [0.25, 0.3) is 0 Å². The van der Waals surface area contributed by atoms with Gasteiger partial charge in [0, 0.05) is 49.4 Å². The van der Waals surface area contributed by atoms with Crippen molar-refractivity contribution >= 4 is 28.8 Å². The summed E-state index contributed by atoms with van der Waals surface area (Å²) in [7, 11) is 0. The molecule has 2 aliphatic rings. The molecule has 4 rings (SSSR count). The van der Waals surface area contributed by atoms with E-state index in [1.54, 1.807) is 12.3 Å². The van der Waals surface area contributed by atoms with Crippen molar-refractivity contribution in [3.8, 4) is 0 Å². The highest BCUT2D eigenvalue weighted by atomic mass is 19.4. The second kappa shape index (κ2) is 13.7. The second-order valence-electron chi connectivity index (χ2n) is 8.57. The molecule has 2 saturated heterocycles. The predicted molar refractivity (Wildman–Crippen MR) is 123 cm³/mol. The van der Waals surface area contributed by atoms with Crippen LogP contribution in [0.2, 0.25) is 0 Å². The first-order valence-corrected chi connectivity index (χ1v) is 11.5. The standard InChI is InChI=1S/C18H24FN5O.2C2HF3O2/c19-13-2-1-12-10-21-18(23-16(12)9-13)24-7-4-14(5-8-24)22-15-3-6-20-11-17(15)25;2*3-2(4,5)1(6)7/h1-2,9-10,14-15,17,20,22,25H,3-8,11H2;2*(H,6,7)/t15-,17-;;/m1../s1. The van der Waals surface area contributed by atoms with E-state index in [4.69, 9.17) is 19.8 Å². The number of halogens is 7. The Balaban J connectivity index is 0.000000317. The number of hydrogen-bond donors (Lipinski definition) is 5. The summed E-state index contributed by atoms with van der Waals surface area (Å²) in [5.74, 6) is -5.13. The van der Waals surface area contributed by atoms with E-state index in [0.29, 0.717) is 24.1 Å². The minimum Gasteiger partial charge on any atom is -0.475 e. The number of fused-ring (bicyclic) bond motifs is 1. The molecule has 5 N–H and O–H groups in total. The molecule has 0 spiro atoms. The summed E-state index contributed by atoms with van der Waals surface area (Å²) >= 11 is 0. The van der Waals surface area contributed by atoms with Gasteiger partial charge in [-0.1, -0.05) is 0 Å². The quantitative estimate of drug-likeness (QED) is 0.347. The van der Waals surface area contributed by atoms with Gasteiger partial charge in [0.2, 0.25) is 5.95 Å². The number of piperidine rings is 2. The van der Waals surface area contributed by atoms with Crippen LogP contribution < -0.4 is 15.5 Å². The lowest BCUT2D eigenvalue weighted by atomic mass is 9.99. The first-order chi connectivity index (χ1) is 18.1. The summed E-state index contributed by atoms with van der Waals surface area (Å²) in [6.45, 7) is 3.34. The number of nitrogens with zero attached hydrogens (tertiary/aromatic N) is 3. The van der Waals surface area contributed by atoms with Crippen LogP contribution in [0.3, 0.4) is 0 Å². The highest BCUT2D eigenvalue weighted by molar-refractivity contribution is 5.78. The number of anilines is 1. The molecule has 0 aliphatic carbocycles. The zero-order valence-electron chi connectivity index (χ0n) is 20.1. The maximum atomic E-state index is 13.4. The predicted octanol–water partition coefficient (Wildman–Crippen LogP) is 2.32. The fraction of sp³-hybridized carbons (Fsp3) is 0.545. The minimum absolute atomic E-state index is 0.178. The Hall–Kier alpha value is -3.31. The molecule has 2 aliphatic heterocycles. The smallest absolute Gasteiger partial charge is 0.475 e. The van der Waals surface area contributed by atoms with Gasteiger partial charge in [0.1, 0.15) is 5.82 Å². The number of carboxylic acids is 2. The number of nitrogens with one attached hydrogen (secondary N) is 2. The lowest BCUT2D eigenvalue weighted by Gasteiger charge is -2.37. The van der Waals surface area contributed by atoms with E-state index in [0.717, 1.165) is 44.3 Å². The first kappa shape index (κ1) is 31.9. The molecule has 218 valence electrons. The lowest BCUT2D eigenvalue weighted by molar-refractivity contribution is -0.193. The van der Waals surface area contributed by atoms with E-state index in [1.165, 1.54) is 12.1 Å². The number of carboxylic acid groups (broad SMARTS) is 2. The Morgan fingerprint density at radius 1 is 1.00 bits per heavy atom. The van der Waals surface area contributed by atoms with Gasteiger partial charge in [-0.15, -0.1) is 0 Å². The van der Waals surface area contributed by atoms with E-state index in [-0.39, 0.29) is 18.0 Å². The number of alkyl halides is 6. The van der Waals surface area contributed by atoms with Gasteiger partial charge in [-0.2, -0.15) is 26.3 Å². The number of carbonyl (C=O) groups is 2. The zero-order chi connectivity index (χ0) is 29.4. The Bertz CT molecular complexity index is 1090. The molecular weight excluding hydrogens is 547 g/mol. The van der Waals surface area contributed by atoms with Gasteiger partial charge in [0.05, 0.1) is 11.6 Å². The molecule has 10 nitrogen and oxygen atoms in total. The monoisotopic (exact) mass is 573 g/mol. The van der Waals surface area contributed by atoms with Gasteiger partial charge >= 0.3 is 24.3 Å². The van der Waals surface area contributed by atoms with E-state index in [2.05, 4.69) is 25.5 Å². The third-order valence-corrected chi connectivity index (χ3v) is 5.69. The maximum absolute atomic E-state index is 13.4. The Kier molecular flexibility index (Phi) is 11.2. The van der Waals surface area contributed by atoms with Crippen molar-refractivity contribution in [1.82, 2.24) is 20.6 Å². The van der Waals surface area contributed by atoms with Crippen LogP contribution in [-0.4, -0.2) is 93.9 Å². The summed E-state index contributed by atoms with van der Waals surface area (Å²) in [6.07, 6.45) is -5.79. The van der Waals surface area contributed by atoms with Crippen LogP contribution in [0, 0.1) is 5.82 Å². The molecule has 2 fully saturated rings. The highest BCUT2D eigenvalue weighted by Crippen LogP contribution is 2.21. The third kappa shape index (κ3) is 10.4. The number of aliphatic hydroxyl groups excluding tert-OH is 1. The average molecular weight is 573 g/mol.